The average Bonchev–Trinajstić information content (AvgIpc) is 3.48. The number of anilines is 1. The molecule has 1 fully saturated rings. The first-order valence-electron chi connectivity index (χ1n) is 12.8. The lowest BCUT2D eigenvalue weighted by Crippen LogP contribution is -2.36. The van der Waals surface area contributed by atoms with Crippen LogP contribution in [0.3, 0.4) is 0 Å². The first kappa shape index (κ1) is 26.0. The fourth-order valence-corrected chi connectivity index (χ4v) is 5.19. The quantitative estimate of drug-likeness (QED) is 0.307. The van der Waals surface area contributed by atoms with Crippen LogP contribution in [-0.4, -0.2) is 42.3 Å². The van der Waals surface area contributed by atoms with Gasteiger partial charge in [-0.3, -0.25) is 9.69 Å². The number of hydrogen-bond donors (Lipinski definition) is 0. The maximum atomic E-state index is 15.2. The molecule has 208 valence electrons. The highest BCUT2D eigenvalue weighted by Gasteiger charge is 2.35. The Labute approximate surface area is 226 Å². The smallest absolute Gasteiger partial charge is 0.434 e. The number of imidazole rings is 1. The number of aryl methyl sites for hydroxylation is 2. The van der Waals surface area contributed by atoms with Gasteiger partial charge in [-0.1, -0.05) is 12.5 Å². The van der Waals surface area contributed by atoms with Crippen molar-refractivity contribution in [3.8, 4) is 28.5 Å². The highest BCUT2D eigenvalue weighted by Crippen LogP contribution is 2.43. The summed E-state index contributed by atoms with van der Waals surface area (Å²) in [4.78, 5) is 26.9. The van der Waals surface area contributed by atoms with E-state index in [4.69, 9.17) is 9.84 Å². The van der Waals surface area contributed by atoms with E-state index in [0.29, 0.717) is 35.1 Å². The number of benzene rings is 1. The molecule has 0 saturated heterocycles. The Morgan fingerprint density at radius 3 is 2.60 bits per heavy atom. The van der Waals surface area contributed by atoms with E-state index < -0.39 is 17.7 Å². The highest BCUT2D eigenvalue weighted by molar-refractivity contribution is 5.94. The minimum absolute atomic E-state index is 0.0490. The normalized spacial score (nSPS) is 15.8. The molecule has 2 aliphatic rings. The minimum atomic E-state index is -4.64. The number of amides is 1. The van der Waals surface area contributed by atoms with E-state index in [1.54, 1.807) is 16.8 Å². The third-order valence-corrected chi connectivity index (χ3v) is 7.44. The Morgan fingerprint density at radius 1 is 1.15 bits per heavy atom. The number of alkyl halides is 3. The lowest BCUT2D eigenvalue weighted by atomic mass is 9.81. The predicted molar refractivity (Wildman–Crippen MR) is 136 cm³/mol. The summed E-state index contributed by atoms with van der Waals surface area (Å²) in [6.07, 6.45) is 1.02. The van der Waals surface area contributed by atoms with Gasteiger partial charge in [0.1, 0.15) is 29.5 Å². The second-order valence-corrected chi connectivity index (χ2v) is 9.98. The van der Waals surface area contributed by atoms with Gasteiger partial charge in [-0.2, -0.15) is 18.3 Å². The molecule has 1 amide bonds. The molecule has 1 aliphatic carbocycles. The van der Waals surface area contributed by atoms with E-state index in [1.807, 2.05) is 0 Å². The van der Waals surface area contributed by atoms with Crippen LogP contribution in [0.15, 0.2) is 36.8 Å². The Bertz CT molecular complexity index is 1610. The van der Waals surface area contributed by atoms with Crippen molar-refractivity contribution in [2.75, 3.05) is 12.0 Å². The van der Waals surface area contributed by atoms with Gasteiger partial charge in [0.15, 0.2) is 5.69 Å². The van der Waals surface area contributed by atoms with Gasteiger partial charge in [0.2, 0.25) is 11.8 Å². The molecule has 4 heterocycles. The molecule has 4 aromatic rings. The third-order valence-electron chi connectivity index (χ3n) is 7.44. The van der Waals surface area contributed by atoms with Crippen molar-refractivity contribution in [3.05, 3.63) is 59.6 Å². The summed E-state index contributed by atoms with van der Waals surface area (Å²) in [7, 11) is 2.91. The molecular formula is C27H25F4N7O2. The van der Waals surface area contributed by atoms with Gasteiger partial charge < -0.3 is 9.30 Å². The van der Waals surface area contributed by atoms with Gasteiger partial charge in [0, 0.05) is 31.6 Å². The van der Waals surface area contributed by atoms with Crippen LogP contribution in [0.4, 0.5) is 23.4 Å². The second-order valence-electron chi connectivity index (χ2n) is 9.98. The Kier molecular flexibility index (Phi) is 6.31. The summed E-state index contributed by atoms with van der Waals surface area (Å²) < 4.78 is 62.8. The van der Waals surface area contributed by atoms with Crippen molar-refractivity contribution < 1.29 is 27.1 Å². The van der Waals surface area contributed by atoms with Gasteiger partial charge in [-0.15, -0.1) is 0 Å². The lowest BCUT2D eigenvalue weighted by molar-refractivity contribution is -0.140. The number of halogens is 4. The van der Waals surface area contributed by atoms with Crippen molar-refractivity contribution in [1.29, 1.82) is 0 Å². The molecule has 0 atom stereocenters. The fourth-order valence-electron chi connectivity index (χ4n) is 5.19. The molecule has 1 saturated carbocycles. The summed E-state index contributed by atoms with van der Waals surface area (Å²) in [5.41, 5.74) is 1.45. The molecule has 0 N–H and O–H groups in total. The van der Waals surface area contributed by atoms with Crippen molar-refractivity contribution in [1.82, 2.24) is 29.3 Å². The number of aromatic nitrogens is 6. The number of carbonyl (C=O) groups is 1. The number of carbonyl (C=O) groups excluding carboxylic acids is 1. The molecule has 0 unspecified atom stereocenters. The molecule has 6 rings (SSSR count). The zero-order chi connectivity index (χ0) is 28.2. The molecular weight excluding hydrogens is 530 g/mol. The first-order chi connectivity index (χ1) is 19.1. The van der Waals surface area contributed by atoms with Crippen molar-refractivity contribution in [3.63, 3.8) is 0 Å². The average molecular weight is 556 g/mol. The highest BCUT2D eigenvalue weighted by atomic mass is 19.4. The number of hydrogen-bond acceptors (Lipinski definition) is 6. The molecule has 13 heteroatoms. The fraction of sp³-hybridized carbons (Fsp3) is 0.370. The summed E-state index contributed by atoms with van der Waals surface area (Å²) in [5, 5.41) is 4.75. The molecule has 0 spiro atoms. The predicted octanol–water partition coefficient (Wildman–Crippen LogP) is 5.11. The van der Waals surface area contributed by atoms with E-state index in [0.717, 1.165) is 35.7 Å². The van der Waals surface area contributed by atoms with E-state index in [1.165, 1.54) is 37.5 Å². The standard InChI is InChI=1S/C27H25F4N7O2/c1-36-13-20(27(29,30)31)34-25(36)17-7-6-15(10-18(17)28)12-37-21-11-19(35-38(21)9-8-22(37)39)23-24(16-4-3-5-16)32-14-33-26(23)40-2/h6-7,10-11,13-14,16H,3-5,8-9,12H2,1-2H3. The van der Waals surface area contributed by atoms with Gasteiger partial charge in [-0.25, -0.2) is 24.0 Å². The monoisotopic (exact) mass is 555 g/mol. The molecule has 3 aromatic heterocycles. The summed E-state index contributed by atoms with van der Waals surface area (Å²) in [5.74, 6) is 0.198. The Hall–Kier alpha value is -4.29. The lowest BCUT2D eigenvalue weighted by Gasteiger charge is -2.27. The zero-order valence-electron chi connectivity index (χ0n) is 21.7. The number of rotatable bonds is 6. The molecule has 0 radical (unpaired) electrons. The molecule has 40 heavy (non-hydrogen) atoms. The Morgan fingerprint density at radius 2 is 1.95 bits per heavy atom. The van der Waals surface area contributed by atoms with Crippen LogP contribution >= 0.6 is 0 Å². The molecule has 1 aliphatic heterocycles. The van der Waals surface area contributed by atoms with Crippen LogP contribution in [0.25, 0.3) is 22.6 Å². The van der Waals surface area contributed by atoms with Gasteiger partial charge in [0.05, 0.1) is 37.0 Å². The maximum Gasteiger partial charge on any atom is 0.434 e. The van der Waals surface area contributed by atoms with Gasteiger partial charge in [0.25, 0.3) is 0 Å². The number of nitrogens with zero attached hydrogens (tertiary/aromatic N) is 7. The molecule has 1 aromatic carbocycles. The largest absolute Gasteiger partial charge is 0.480 e. The van der Waals surface area contributed by atoms with Gasteiger partial charge >= 0.3 is 6.18 Å². The van der Waals surface area contributed by atoms with Crippen LogP contribution in [0.1, 0.15) is 48.6 Å². The SMILES string of the molecule is COc1ncnc(C2CCC2)c1-c1cc2n(n1)CCC(=O)N2Cc1ccc(-c2nc(C(F)(F)F)cn2C)c(F)c1. The maximum absolute atomic E-state index is 15.2. The van der Waals surface area contributed by atoms with Crippen LogP contribution in [0, 0.1) is 5.82 Å². The third kappa shape index (κ3) is 4.48. The van der Waals surface area contributed by atoms with Crippen LogP contribution < -0.4 is 9.64 Å². The summed E-state index contributed by atoms with van der Waals surface area (Å²) in [6.45, 7) is 0.431. The van der Waals surface area contributed by atoms with E-state index in [9.17, 15) is 18.0 Å². The van der Waals surface area contributed by atoms with Crippen molar-refractivity contribution in [2.24, 2.45) is 7.05 Å². The van der Waals surface area contributed by atoms with Crippen LogP contribution in [-0.2, 0) is 31.1 Å². The second kappa shape index (κ2) is 9.72. The number of fused-ring (bicyclic) bond motifs is 1. The van der Waals surface area contributed by atoms with Crippen molar-refractivity contribution >= 4 is 11.7 Å². The van der Waals surface area contributed by atoms with E-state index in [2.05, 4.69) is 15.0 Å². The van der Waals surface area contributed by atoms with E-state index in [-0.39, 0.29) is 36.2 Å². The first-order valence-corrected chi connectivity index (χ1v) is 12.8. The minimum Gasteiger partial charge on any atom is -0.480 e. The Balaban J connectivity index is 1.32. The van der Waals surface area contributed by atoms with Gasteiger partial charge in [-0.05, 0) is 30.5 Å². The topological polar surface area (TPSA) is 91.0 Å². The van der Waals surface area contributed by atoms with Crippen molar-refractivity contribution in [2.45, 2.75) is 50.9 Å². The zero-order valence-corrected chi connectivity index (χ0v) is 21.7. The summed E-state index contributed by atoms with van der Waals surface area (Å²) >= 11 is 0. The van der Waals surface area contributed by atoms with Crippen LogP contribution in [0.5, 0.6) is 5.88 Å². The number of ether oxygens (including phenoxy) is 1. The summed E-state index contributed by atoms with van der Waals surface area (Å²) in [6, 6.07) is 5.95. The van der Waals surface area contributed by atoms with E-state index >= 15 is 4.39 Å². The molecule has 9 nitrogen and oxygen atoms in total. The van der Waals surface area contributed by atoms with Crippen LogP contribution in [0.2, 0.25) is 0 Å². The molecule has 0 bridgehead atoms. The number of methoxy groups -OCH3 is 1.